The minimum atomic E-state index is -0.533. The third-order valence-electron chi connectivity index (χ3n) is 3.29. The number of benzene rings is 1. The van der Waals surface area contributed by atoms with Gasteiger partial charge in [0.2, 0.25) is 0 Å². The molecule has 0 heterocycles. The molecule has 0 aromatic heterocycles. The molecule has 110 valence electrons. The fraction of sp³-hybridized carbons (Fsp3) is 0.467. The van der Waals surface area contributed by atoms with E-state index in [1.807, 2.05) is 30.3 Å². The number of ether oxygens (including phenoxy) is 2. The molecule has 0 aliphatic rings. The van der Waals surface area contributed by atoms with Crippen LogP contribution in [0.2, 0.25) is 0 Å². The van der Waals surface area contributed by atoms with Gasteiger partial charge in [-0.1, -0.05) is 30.3 Å². The van der Waals surface area contributed by atoms with E-state index in [1.54, 1.807) is 18.7 Å². The highest BCUT2D eigenvalue weighted by atomic mass is 16.5. The van der Waals surface area contributed by atoms with Crippen molar-refractivity contribution in [3.63, 3.8) is 0 Å². The zero-order chi connectivity index (χ0) is 15.1. The van der Waals surface area contributed by atoms with Gasteiger partial charge in [-0.25, -0.2) is 0 Å². The molecule has 0 amide bonds. The number of carbonyl (C=O) groups is 2. The second-order valence-electron chi connectivity index (χ2n) is 4.56. The van der Waals surface area contributed by atoms with Crippen LogP contribution in [-0.2, 0) is 25.6 Å². The molecule has 0 aliphatic heterocycles. The first-order chi connectivity index (χ1) is 9.51. The Hall–Kier alpha value is -1.88. The van der Waals surface area contributed by atoms with Gasteiger partial charge in [0.05, 0.1) is 14.2 Å². The van der Waals surface area contributed by atoms with E-state index in [1.165, 1.54) is 14.2 Å². The Kier molecular flexibility index (Phi) is 6.18. The van der Waals surface area contributed by atoms with Crippen molar-refractivity contribution in [2.45, 2.75) is 32.5 Å². The molecule has 1 rings (SSSR count). The van der Waals surface area contributed by atoms with Crippen LogP contribution in [0.4, 0.5) is 0 Å². The Labute approximate surface area is 119 Å². The van der Waals surface area contributed by atoms with Crippen molar-refractivity contribution in [2.24, 2.45) is 0 Å². The number of carbonyl (C=O) groups excluding carboxylic acids is 2. The first-order valence-corrected chi connectivity index (χ1v) is 6.46. The molecule has 5 heteroatoms. The van der Waals surface area contributed by atoms with E-state index in [0.29, 0.717) is 6.54 Å². The van der Waals surface area contributed by atoms with Crippen molar-refractivity contribution < 1.29 is 19.1 Å². The van der Waals surface area contributed by atoms with E-state index < -0.39 is 12.1 Å². The maximum absolute atomic E-state index is 11.7. The molecule has 2 atom stereocenters. The summed E-state index contributed by atoms with van der Waals surface area (Å²) in [7, 11) is 2.67. The fourth-order valence-corrected chi connectivity index (χ4v) is 2.02. The molecule has 0 saturated carbocycles. The maximum atomic E-state index is 11.7. The maximum Gasteiger partial charge on any atom is 0.322 e. The molecule has 1 unspecified atom stereocenters. The van der Waals surface area contributed by atoms with Crippen molar-refractivity contribution in [2.75, 3.05) is 14.2 Å². The van der Waals surface area contributed by atoms with Crippen molar-refractivity contribution in [1.82, 2.24) is 4.90 Å². The molecular weight excluding hydrogens is 258 g/mol. The summed E-state index contributed by atoms with van der Waals surface area (Å²) in [5.41, 5.74) is 1.01. The van der Waals surface area contributed by atoms with Crippen molar-refractivity contribution >= 4 is 11.9 Å². The first-order valence-electron chi connectivity index (χ1n) is 6.46. The first kappa shape index (κ1) is 16.2. The SMILES string of the molecule is COC(=O)C(C)N(Cc1ccccc1)[C@H](C)C(=O)OC. The predicted molar refractivity (Wildman–Crippen MR) is 74.9 cm³/mol. The molecule has 20 heavy (non-hydrogen) atoms. The minimum Gasteiger partial charge on any atom is -0.468 e. The molecule has 0 aliphatic carbocycles. The van der Waals surface area contributed by atoms with Gasteiger partial charge in [-0.3, -0.25) is 14.5 Å². The highest BCUT2D eigenvalue weighted by Gasteiger charge is 2.30. The number of rotatable bonds is 6. The van der Waals surface area contributed by atoms with Crippen LogP contribution in [-0.4, -0.2) is 43.1 Å². The molecular formula is C15H21NO4. The van der Waals surface area contributed by atoms with Crippen LogP contribution in [0.5, 0.6) is 0 Å². The number of hydrogen-bond acceptors (Lipinski definition) is 5. The monoisotopic (exact) mass is 279 g/mol. The summed E-state index contributed by atoms with van der Waals surface area (Å²) in [4.78, 5) is 25.2. The van der Waals surface area contributed by atoms with E-state index in [0.717, 1.165) is 5.56 Å². The zero-order valence-electron chi connectivity index (χ0n) is 12.3. The largest absolute Gasteiger partial charge is 0.468 e. The third-order valence-corrected chi connectivity index (χ3v) is 3.29. The minimum absolute atomic E-state index is 0.378. The van der Waals surface area contributed by atoms with E-state index in [2.05, 4.69) is 0 Å². The van der Waals surface area contributed by atoms with Gasteiger partial charge < -0.3 is 9.47 Å². The van der Waals surface area contributed by atoms with Gasteiger partial charge in [0.15, 0.2) is 0 Å². The fourth-order valence-electron chi connectivity index (χ4n) is 2.02. The topological polar surface area (TPSA) is 55.8 Å². The highest BCUT2D eigenvalue weighted by molar-refractivity contribution is 5.79. The molecule has 0 saturated heterocycles. The van der Waals surface area contributed by atoms with Gasteiger partial charge in [0, 0.05) is 6.54 Å². The van der Waals surface area contributed by atoms with Crippen molar-refractivity contribution in [3.8, 4) is 0 Å². The highest BCUT2D eigenvalue weighted by Crippen LogP contribution is 2.14. The molecule has 1 aromatic rings. The summed E-state index contributed by atoms with van der Waals surface area (Å²) in [6.45, 7) is 3.90. The smallest absolute Gasteiger partial charge is 0.322 e. The third kappa shape index (κ3) is 4.06. The lowest BCUT2D eigenvalue weighted by Gasteiger charge is -2.31. The quantitative estimate of drug-likeness (QED) is 0.741. The number of nitrogens with zero attached hydrogens (tertiary/aromatic N) is 1. The van der Waals surface area contributed by atoms with E-state index in [4.69, 9.17) is 9.47 Å². The number of hydrogen-bond donors (Lipinski definition) is 0. The van der Waals surface area contributed by atoms with E-state index in [9.17, 15) is 9.59 Å². The Morgan fingerprint density at radius 2 is 1.45 bits per heavy atom. The summed E-state index contributed by atoms with van der Waals surface area (Å²) in [6, 6.07) is 8.57. The molecule has 1 aromatic carbocycles. The number of methoxy groups -OCH3 is 2. The summed E-state index contributed by atoms with van der Waals surface area (Å²) in [5, 5.41) is 0. The normalized spacial score (nSPS) is 13.7. The molecule has 0 spiro atoms. The summed E-state index contributed by atoms with van der Waals surface area (Å²) < 4.78 is 9.52. The van der Waals surface area contributed by atoms with Crippen LogP contribution in [0.15, 0.2) is 30.3 Å². The second kappa shape index (κ2) is 7.65. The van der Waals surface area contributed by atoms with Crippen LogP contribution in [0.3, 0.4) is 0 Å². The van der Waals surface area contributed by atoms with Crippen molar-refractivity contribution in [3.05, 3.63) is 35.9 Å². The lowest BCUT2D eigenvalue weighted by molar-refractivity contribution is -0.153. The zero-order valence-corrected chi connectivity index (χ0v) is 12.3. The average molecular weight is 279 g/mol. The van der Waals surface area contributed by atoms with Gasteiger partial charge in [-0.2, -0.15) is 0 Å². The van der Waals surface area contributed by atoms with Gasteiger partial charge in [-0.05, 0) is 19.4 Å². The summed E-state index contributed by atoms with van der Waals surface area (Å²) in [5.74, 6) is -0.756. The Morgan fingerprint density at radius 3 is 1.85 bits per heavy atom. The molecule has 0 fully saturated rings. The molecule has 0 N–H and O–H groups in total. The van der Waals surface area contributed by atoms with Crippen LogP contribution in [0, 0.1) is 0 Å². The van der Waals surface area contributed by atoms with Gasteiger partial charge >= 0.3 is 11.9 Å². The Bertz CT molecular complexity index is 424. The predicted octanol–water partition coefficient (Wildman–Crippen LogP) is 1.61. The summed E-state index contributed by atoms with van der Waals surface area (Å²) in [6.07, 6.45) is 0. The summed E-state index contributed by atoms with van der Waals surface area (Å²) >= 11 is 0. The van der Waals surface area contributed by atoms with Gasteiger partial charge in [-0.15, -0.1) is 0 Å². The number of esters is 2. The standard InChI is InChI=1S/C15H21NO4/c1-11(14(17)19-3)16(12(2)15(18)20-4)10-13-8-6-5-7-9-13/h5-9,11-12H,10H2,1-4H3/t11-,12?/m1/s1. The average Bonchev–Trinajstić information content (AvgIpc) is 2.50. The Morgan fingerprint density at radius 1 is 1.00 bits per heavy atom. The molecule has 5 nitrogen and oxygen atoms in total. The van der Waals surface area contributed by atoms with Crippen LogP contribution >= 0.6 is 0 Å². The lowest BCUT2D eigenvalue weighted by atomic mass is 10.1. The Balaban J connectivity index is 2.95. The van der Waals surface area contributed by atoms with Crippen LogP contribution in [0.1, 0.15) is 19.4 Å². The van der Waals surface area contributed by atoms with Crippen LogP contribution in [0.25, 0.3) is 0 Å². The molecule has 0 bridgehead atoms. The van der Waals surface area contributed by atoms with E-state index >= 15 is 0 Å². The molecule has 0 radical (unpaired) electrons. The second-order valence-corrected chi connectivity index (χ2v) is 4.56. The lowest BCUT2D eigenvalue weighted by Crippen LogP contribution is -2.48. The van der Waals surface area contributed by atoms with E-state index in [-0.39, 0.29) is 11.9 Å². The van der Waals surface area contributed by atoms with Crippen LogP contribution < -0.4 is 0 Å². The van der Waals surface area contributed by atoms with Gasteiger partial charge in [0.25, 0.3) is 0 Å². The van der Waals surface area contributed by atoms with Gasteiger partial charge in [0.1, 0.15) is 12.1 Å². The van der Waals surface area contributed by atoms with Crippen molar-refractivity contribution in [1.29, 1.82) is 0 Å².